The predicted octanol–water partition coefficient (Wildman–Crippen LogP) is 1.69. The molecular weight excluding hydrogens is 352 g/mol. The van der Waals surface area contributed by atoms with Gasteiger partial charge in [0.05, 0.1) is 37.4 Å². The number of carbonyl (C=O) groups excluding carboxylic acids is 3. The van der Waals surface area contributed by atoms with Crippen LogP contribution in [0.4, 0.5) is 4.79 Å². The molecule has 8 heteroatoms. The number of amides is 2. The van der Waals surface area contributed by atoms with Crippen LogP contribution in [0.3, 0.4) is 0 Å². The van der Waals surface area contributed by atoms with E-state index in [0.29, 0.717) is 17.7 Å². The summed E-state index contributed by atoms with van der Waals surface area (Å²) in [5.41, 5.74) is 1.19. The molecule has 8 nitrogen and oxygen atoms in total. The Morgan fingerprint density at radius 3 is 2.56 bits per heavy atom. The molecule has 0 bridgehead atoms. The summed E-state index contributed by atoms with van der Waals surface area (Å²) in [5.74, 6) is -0.467. The van der Waals surface area contributed by atoms with E-state index in [0.717, 1.165) is 0 Å². The highest BCUT2D eigenvalue weighted by molar-refractivity contribution is 5.94. The first kappa shape index (κ1) is 20.3. The van der Waals surface area contributed by atoms with Crippen molar-refractivity contribution in [3.05, 3.63) is 41.1 Å². The van der Waals surface area contributed by atoms with Crippen LogP contribution in [0.5, 0.6) is 5.75 Å². The molecule has 27 heavy (non-hydrogen) atoms. The van der Waals surface area contributed by atoms with Gasteiger partial charge >= 0.3 is 18.0 Å². The Hall–Kier alpha value is -3.03. The van der Waals surface area contributed by atoms with Gasteiger partial charge in [0.2, 0.25) is 0 Å². The quantitative estimate of drug-likeness (QED) is 0.670. The lowest BCUT2D eigenvalue weighted by Gasteiger charge is -2.28. The molecule has 2 amide bonds. The van der Waals surface area contributed by atoms with Crippen molar-refractivity contribution in [1.82, 2.24) is 10.6 Å². The fourth-order valence-corrected chi connectivity index (χ4v) is 2.78. The molecule has 1 aliphatic heterocycles. The maximum Gasteiger partial charge on any atom is 0.338 e. The Morgan fingerprint density at radius 1 is 1.15 bits per heavy atom. The summed E-state index contributed by atoms with van der Waals surface area (Å²) in [4.78, 5) is 36.3. The van der Waals surface area contributed by atoms with E-state index in [4.69, 9.17) is 14.2 Å². The van der Waals surface area contributed by atoms with Crippen molar-refractivity contribution in [3.63, 3.8) is 0 Å². The first-order valence-electron chi connectivity index (χ1n) is 8.75. The van der Waals surface area contributed by atoms with Crippen molar-refractivity contribution in [2.45, 2.75) is 32.7 Å². The first-order valence-corrected chi connectivity index (χ1v) is 8.75. The summed E-state index contributed by atoms with van der Waals surface area (Å²) in [5, 5.41) is 5.20. The maximum absolute atomic E-state index is 12.3. The molecule has 1 atom stereocenters. The molecule has 0 saturated carbocycles. The smallest absolute Gasteiger partial charge is 0.338 e. The molecule has 1 aliphatic rings. The fraction of sp³-hybridized carbons (Fsp3) is 0.421. The van der Waals surface area contributed by atoms with Gasteiger partial charge in [-0.15, -0.1) is 0 Å². The molecule has 1 heterocycles. The van der Waals surface area contributed by atoms with Crippen LogP contribution in [0.15, 0.2) is 35.5 Å². The summed E-state index contributed by atoms with van der Waals surface area (Å²) in [7, 11) is 1.52. The van der Waals surface area contributed by atoms with Gasteiger partial charge in [0.1, 0.15) is 12.4 Å². The second-order valence-corrected chi connectivity index (χ2v) is 5.82. The van der Waals surface area contributed by atoms with Crippen LogP contribution < -0.4 is 15.4 Å². The summed E-state index contributed by atoms with van der Waals surface area (Å²) in [6.07, 6.45) is 0.510. The highest BCUT2D eigenvalue weighted by Crippen LogP contribution is 2.20. The van der Waals surface area contributed by atoms with Crippen molar-refractivity contribution >= 4 is 18.0 Å². The molecule has 0 aliphatic carbocycles. The van der Waals surface area contributed by atoms with Gasteiger partial charge in [-0.25, -0.2) is 9.59 Å². The van der Waals surface area contributed by atoms with Crippen molar-refractivity contribution in [1.29, 1.82) is 0 Å². The number of hydrogen-bond acceptors (Lipinski definition) is 6. The van der Waals surface area contributed by atoms with E-state index in [1.165, 1.54) is 7.11 Å². The molecular formula is C19H24N2O6. The third-order valence-corrected chi connectivity index (χ3v) is 4.05. The topological polar surface area (TPSA) is 103 Å². The molecule has 1 aromatic carbocycles. The monoisotopic (exact) mass is 376 g/mol. The first-order chi connectivity index (χ1) is 13.0. The average Bonchev–Trinajstić information content (AvgIpc) is 2.66. The van der Waals surface area contributed by atoms with Crippen LogP contribution in [-0.2, 0) is 25.5 Å². The van der Waals surface area contributed by atoms with Crippen molar-refractivity contribution in [2.75, 3.05) is 20.3 Å². The number of benzene rings is 1. The molecule has 2 N–H and O–H groups in total. The molecule has 0 aromatic heterocycles. The molecule has 0 unspecified atom stereocenters. The lowest BCUT2D eigenvalue weighted by molar-refractivity contribution is -0.143. The zero-order chi connectivity index (χ0) is 19.8. The van der Waals surface area contributed by atoms with Crippen LogP contribution in [0.25, 0.3) is 0 Å². The Bertz CT molecular complexity index is 743. The summed E-state index contributed by atoms with van der Waals surface area (Å²) < 4.78 is 15.6. The number of para-hydroxylation sites is 1. The van der Waals surface area contributed by atoms with E-state index in [9.17, 15) is 14.4 Å². The standard InChI is InChI=1S/C19H24N2O6/c1-4-13-17(18(23)26-5-2)14(21-19(24)20-13)11-27-16(22)10-12-8-6-7-9-15(12)25-3/h6-9,13H,4-5,10-11H2,1-3H3,(H2,20,21,24)/t13-/m0/s1. The van der Waals surface area contributed by atoms with Crippen molar-refractivity contribution < 1.29 is 28.6 Å². The molecule has 1 aromatic rings. The Kier molecular flexibility index (Phi) is 7.22. The largest absolute Gasteiger partial charge is 0.496 e. The number of nitrogens with one attached hydrogen (secondary N) is 2. The van der Waals surface area contributed by atoms with Gasteiger partial charge in [-0.1, -0.05) is 25.1 Å². The Balaban J connectivity index is 2.12. The minimum absolute atomic E-state index is 0.00936. The van der Waals surface area contributed by atoms with Crippen LogP contribution in [0.1, 0.15) is 25.8 Å². The number of methoxy groups -OCH3 is 1. The third-order valence-electron chi connectivity index (χ3n) is 4.05. The molecule has 0 fully saturated rings. The summed E-state index contributed by atoms with van der Waals surface area (Å²) >= 11 is 0. The highest BCUT2D eigenvalue weighted by Gasteiger charge is 2.32. The van der Waals surface area contributed by atoms with Gasteiger partial charge in [-0.3, -0.25) is 4.79 Å². The van der Waals surface area contributed by atoms with E-state index in [2.05, 4.69) is 10.6 Å². The second-order valence-electron chi connectivity index (χ2n) is 5.82. The lowest BCUT2D eigenvalue weighted by atomic mass is 10.0. The molecule has 0 spiro atoms. The van der Waals surface area contributed by atoms with Crippen LogP contribution in [-0.4, -0.2) is 44.3 Å². The van der Waals surface area contributed by atoms with E-state index in [1.54, 1.807) is 31.2 Å². The molecule has 0 radical (unpaired) electrons. The van der Waals surface area contributed by atoms with Crippen LogP contribution in [0.2, 0.25) is 0 Å². The van der Waals surface area contributed by atoms with Crippen molar-refractivity contribution in [2.24, 2.45) is 0 Å². The predicted molar refractivity (Wildman–Crippen MR) is 97.1 cm³/mol. The Labute approximate surface area is 157 Å². The Morgan fingerprint density at radius 2 is 1.89 bits per heavy atom. The molecule has 0 saturated heterocycles. The molecule has 2 rings (SSSR count). The fourth-order valence-electron chi connectivity index (χ4n) is 2.78. The summed E-state index contributed by atoms with van der Waals surface area (Å²) in [6.45, 7) is 3.50. The normalized spacial score (nSPS) is 16.3. The summed E-state index contributed by atoms with van der Waals surface area (Å²) in [6, 6.07) is 6.17. The van der Waals surface area contributed by atoms with Gasteiger partial charge in [0.25, 0.3) is 0 Å². The second kappa shape index (κ2) is 9.61. The number of carbonyl (C=O) groups is 3. The number of esters is 2. The van der Waals surface area contributed by atoms with Gasteiger partial charge in [-0.05, 0) is 19.4 Å². The van der Waals surface area contributed by atoms with Gasteiger partial charge in [0.15, 0.2) is 0 Å². The number of hydrogen-bond donors (Lipinski definition) is 2. The van der Waals surface area contributed by atoms with Gasteiger partial charge in [0, 0.05) is 5.56 Å². The van der Waals surface area contributed by atoms with Crippen molar-refractivity contribution in [3.8, 4) is 5.75 Å². The minimum Gasteiger partial charge on any atom is -0.496 e. The van der Waals surface area contributed by atoms with Gasteiger partial charge < -0.3 is 24.8 Å². The zero-order valence-electron chi connectivity index (χ0n) is 15.7. The van der Waals surface area contributed by atoms with E-state index in [-0.39, 0.29) is 30.9 Å². The maximum atomic E-state index is 12.3. The van der Waals surface area contributed by atoms with E-state index in [1.807, 2.05) is 6.92 Å². The van der Waals surface area contributed by atoms with E-state index < -0.39 is 24.0 Å². The third kappa shape index (κ3) is 5.22. The highest BCUT2D eigenvalue weighted by atomic mass is 16.5. The average molecular weight is 376 g/mol. The molecule has 146 valence electrons. The SMILES string of the molecule is CCOC(=O)C1=C(COC(=O)Cc2ccccc2OC)NC(=O)N[C@H]1CC. The zero-order valence-corrected chi connectivity index (χ0v) is 15.7. The van der Waals surface area contributed by atoms with Crippen LogP contribution in [0, 0.1) is 0 Å². The number of ether oxygens (including phenoxy) is 3. The number of urea groups is 1. The number of rotatable bonds is 8. The van der Waals surface area contributed by atoms with Gasteiger partial charge in [-0.2, -0.15) is 0 Å². The van der Waals surface area contributed by atoms with E-state index >= 15 is 0 Å². The van der Waals surface area contributed by atoms with Crippen LogP contribution >= 0.6 is 0 Å². The minimum atomic E-state index is -0.548. The lowest BCUT2D eigenvalue weighted by Crippen LogP contribution is -2.51.